The second-order valence-electron chi connectivity index (χ2n) is 4.70. The Kier molecular flexibility index (Phi) is 4.69. The summed E-state index contributed by atoms with van der Waals surface area (Å²) >= 11 is 0. The van der Waals surface area contributed by atoms with Crippen LogP contribution in [-0.2, 0) is 9.53 Å². The molecule has 0 amide bonds. The van der Waals surface area contributed by atoms with E-state index in [4.69, 9.17) is 0 Å². The van der Waals surface area contributed by atoms with Gasteiger partial charge >= 0.3 is 11.7 Å². The fourth-order valence-electron chi connectivity index (χ4n) is 2.33. The minimum atomic E-state index is -0.838. The lowest BCUT2D eigenvalue weighted by molar-refractivity contribution is -0.386. The molecule has 21 heavy (non-hydrogen) atoms. The van der Waals surface area contributed by atoms with Crippen LogP contribution in [0.15, 0.2) is 18.2 Å². The number of carbonyl (C=O) groups is 1. The van der Waals surface area contributed by atoms with Gasteiger partial charge in [-0.1, -0.05) is 6.07 Å². The third-order valence-corrected chi connectivity index (χ3v) is 3.44. The number of anilines is 1. The van der Waals surface area contributed by atoms with Gasteiger partial charge in [0.2, 0.25) is 5.82 Å². The Bertz CT molecular complexity index is 544. The van der Waals surface area contributed by atoms with Gasteiger partial charge in [0.25, 0.3) is 0 Å². The van der Waals surface area contributed by atoms with Crippen molar-refractivity contribution in [2.24, 2.45) is 0 Å². The highest BCUT2D eigenvalue weighted by Crippen LogP contribution is 2.31. The molecule has 1 aliphatic heterocycles. The van der Waals surface area contributed by atoms with Gasteiger partial charge < -0.3 is 9.64 Å². The van der Waals surface area contributed by atoms with Crippen LogP contribution in [-0.4, -0.2) is 55.6 Å². The number of piperazine rings is 1. The Morgan fingerprint density at radius 1 is 1.38 bits per heavy atom. The summed E-state index contributed by atoms with van der Waals surface area (Å²) in [6.45, 7) is 2.28. The number of hydrogen-bond donors (Lipinski definition) is 0. The summed E-state index contributed by atoms with van der Waals surface area (Å²) in [6, 6.07) is 4.07. The van der Waals surface area contributed by atoms with Crippen LogP contribution in [0.2, 0.25) is 0 Å². The van der Waals surface area contributed by atoms with Crippen molar-refractivity contribution in [3.05, 3.63) is 34.1 Å². The van der Waals surface area contributed by atoms with Crippen LogP contribution in [0.5, 0.6) is 0 Å². The molecule has 2 rings (SSSR count). The van der Waals surface area contributed by atoms with Gasteiger partial charge in [0.1, 0.15) is 5.69 Å². The SMILES string of the molecule is COC(=O)CN1CCN(c2cccc(F)c2[N+](=O)[O-])CC1. The van der Waals surface area contributed by atoms with Crippen LogP contribution in [0.4, 0.5) is 15.8 Å². The molecule has 0 radical (unpaired) electrons. The van der Waals surface area contributed by atoms with E-state index in [1.807, 2.05) is 4.90 Å². The van der Waals surface area contributed by atoms with Crippen LogP contribution >= 0.6 is 0 Å². The van der Waals surface area contributed by atoms with Crippen molar-refractivity contribution in [2.75, 3.05) is 44.7 Å². The van der Waals surface area contributed by atoms with Crippen molar-refractivity contribution < 1.29 is 18.8 Å². The van der Waals surface area contributed by atoms with Crippen molar-refractivity contribution in [1.29, 1.82) is 0 Å². The molecule has 1 fully saturated rings. The number of nitro benzene ring substituents is 1. The highest BCUT2D eigenvalue weighted by atomic mass is 19.1. The quantitative estimate of drug-likeness (QED) is 0.469. The van der Waals surface area contributed by atoms with Crippen molar-refractivity contribution in [3.8, 4) is 0 Å². The first-order valence-electron chi connectivity index (χ1n) is 6.50. The van der Waals surface area contributed by atoms with E-state index in [0.717, 1.165) is 6.07 Å². The summed E-state index contributed by atoms with van der Waals surface area (Å²) in [5.74, 6) is -1.16. The summed E-state index contributed by atoms with van der Waals surface area (Å²) in [4.78, 5) is 25.2. The minimum absolute atomic E-state index is 0.190. The lowest BCUT2D eigenvalue weighted by Gasteiger charge is -2.35. The molecule has 0 spiro atoms. The van der Waals surface area contributed by atoms with Crippen molar-refractivity contribution in [1.82, 2.24) is 4.90 Å². The molecule has 1 saturated heterocycles. The fraction of sp³-hybridized carbons (Fsp3) is 0.462. The smallest absolute Gasteiger partial charge is 0.327 e. The van der Waals surface area contributed by atoms with E-state index < -0.39 is 16.4 Å². The van der Waals surface area contributed by atoms with Gasteiger partial charge in [-0.3, -0.25) is 19.8 Å². The Morgan fingerprint density at radius 2 is 2.05 bits per heavy atom. The molecule has 1 aromatic rings. The number of nitrogens with zero attached hydrogens (tertiary/aromatic N) is 3. The predicted molar refractivity (Wildman–Crippen MR) is 73.7 cm³/mol. The third kappa shape index (κ3) is 3.46. The van der Waals surface area contributed by atoms with Gasteiger partial charge in [-0.05, 0) is 12.1 Å². The maximum Gasteiger partial charge on any atom is 0.327 e. The lowest BCUT2D eigenvalue weighted by Crippen LogP contribution is -2.48. The number of hydrogen-bond acceptors (Lipinski definition) is 6. The van der Waals surface area contributed by atoms with Crippen molar-refractivity contribution in [3.63, 3.8) is 0 Å². The monoisotopic (exact) mass is 297 g/mol. The summed E-state index contributed by atoms with van der Waals surface area (Å²) in [5, 5.41) is 11.0. The molecule has 0 saturated carbocycles. The lowest BCUT2D eigenvalue weighted by atomic mass is 10.2. The minimum Gasteiger partial charge on any atom is -0.468 e. The Balaban J connectivity index is 2.08. The molecule has 0 bridgehead atoms. The molecule has 0 aliphatic carbocycles. The van der Waals surface area contributed by atoms with E-state index >= 15 is 0 Å². The molecule has 114 valence electrons. The first-order chi connectivity index (χ1) is 10.0. The van der Waals surface area contributed by atoms with Gasteiger partial charge in [0.15, 0.2) is 0 Å². The average Bonchev–Trinajstić information content (AvgIpc) is 2.47. The zero-order valence-electron chi connectivity index (χ0n) is 11.6. The molecular weight excluding hydrogens is 281 g/mol. The zero-order valence-corrected chi connectivity index (χ0v) is 11.6. The standard InChI is InChI=1S/C13H16FN3O4/c1-21-12(18)9-15-5-7-16(8-6-15)11-4-2-3-10(14)13(11)17(19)20/h2-4H,5-9H2,1H3. The van der Waals surface area contributed by atoms with Crippen LogP contribution in [0.3, 0.4) is 0 Å². The molecule has 8 heteroatoms. The zero-order chi connectivity index (χ0) is 15.4. The van der Waals surface area contributed by atoms with E-state index in [1.54, 1.807) is 4.90 Å². The Labute approximate surface area is 121 Å². The summed E-state index contributed by atoms with van der Waals surface area (Å²) in [7, 11) is 1.33. The third-order valence-electron chi connectivity index (χ3n) is 3.44. The van der Waals surface area contributed by atoms with Gasteiger partial charge in [-0.15, -0.1) is 0 Å². The van der Waals surface area contributed by atoms with Gasteiger partial charge in [0.05, 0.1) is 18.6 Å². The number of benzene rings is 1. The molecule has 1 aliphatic rings. The molecule has 0 aromatic heterocycles. The van der Waals surface area contributed by atoms with E-state index in [-0.39, 0.29) is 18.2 Å². The van der Waals surface area contributed by atoms with Crippen LogP contribution in [0.25, 0.3) is 0 Å². The fourth-order valence-corrected chi connectivity index (χ4v) is 2.33. The molecule has 1 aromatic carbocycles. The first-order valence-corrected chi connectivity index (χ1v) is 6.50. The van der Waals surface area contributed by atoms with Crippen molar-refractivity contribution >= 4 is 17.3 Å². The topological polar surface area (TPSA) is 75.9 Å². The summed E-state index contributed by atoms with van der Waals surface area (Å²) < 4.78 is 18.2. The van der Waals surface area contributed by atoms with Crippen molar-refractivity contribution in [2.45, 2.75) is 0 Å². The molecule has 0 atom stereocenters. The number of methoxy groups -OCH3 is 1. The number of halogens is 1. The van der Waals surface area contributed by atoms with E-state index in [2.05, 4.69) is 4.74 Å². The molecule has 7 nitrogen and oxygen atoms in total. The first kappa shape index (κ1) is 15.2. The highest BCUT2D eigenvalue weighted by Gasteiger charge is 2.27. The maximum atomic E-state index is 13.6. The number of nitro groups is 1. The van der Waals surface area contributed by atoms with Crippen LogP contribution in [0, 0.1) is 15.9 Å². The second-order valence-corrected chi connectivity index (χ2v) is 4.70. The van der Waals surface area contributed by atoms with E-state index in [1.165, 1.54) is 19.2 Å². The molecular formula is C13H16FN3O4. The van der Waals surface area contributed by atoms with Crippen LogP contribution in [0.1, 0.15) is 0 Å². The maximum absolute atomic E-state index is 13.6. The Hall–Kier alpha value is -2.22. The normalized spacial score (nSPS) is 15.8. The van der Waals surface area contributed by atoms with Gasteiger partial charge in [-0.25, -0.2) is 0 Å². The highest BCUT2D eigenvalue weighted by molar-refractivity contribution is 5.71. The number of ether oxygens (including phenoxy) is 1. The summed E-state index contributed by atoms with van der Waals surface area (Å²) in [5.41, 5.74) is -0.225. The van der Waals surface area contributed by atoms with Crippen LogP contribution < -0.4 is 4.90 Å². The number of carbonyl (C=O) groups excluding carboxylic acids is 1. The number of esters is 1. The average molecular weight is 297 g/mol. The second kappa shape index (κ2) is 6.49. The van der Waals surface area contributed by atoms with Gasteiger partial charge in [-0.2, -0.15) is 4.39 Å². The molecule has 0 N–H and O–H groups in total. The number of rotatable bonds is 4. The largest absolute Gasteiger partial charge is 0.468 e. The summed E-state index contributed by atoms with van der Waals surface area (Å²) in [6.07, 6.45) is 0. The number of para-hydroxylation sites is 1. The molecule has 1 heterocycles. The molecule has 0 unspecified atom stereocenters. The predicted octanol–water partition coefficient (Wildman–Crippen LogP) is 1.03. The van der Waals surface area contributed by atoms with E-state index in [0.29, 0.717) is 26.2 Å². The van der Waals surface area contributed by atoms with Gasteiger partial charge in [0, 0.05) is 26.2 Å². The van der Waals surface area contributed by atoms with E-state index in [9.17, 15) is 19.3 Å². The Morgan fingerprint density at radius 3 is 2.62 bits per heavy atom.